The summed E-state index contributed by atoms with van der Waals surface area (Å²) in [6.07, 6.45) is 10.5. The number of hydrogen-bond donors (Lipinski definition) is 2. The highest BCUT2D eigenvalue weighted by Crippen LogP contribution is 2.53. The highest BCUT2D eigenvalue weighted by atomic mass is 35.5. The average molecular weight is 490 g/mol. The summed E-state index contributed by atoms with van der Waals surface area (Å²) in [4.78, 5) is 17.4. The minimum absolute atomic E-state index is 0.146. The average Bonchev–Trinajstić information content (AvgIpc) is 3.21. The van der Waals surface area contributed by atoms with Crippen molar-refractivity contribution in [1.29, 1.82) is 0 Å². The number of amides is 1. The van der Waals surface area contributed by atoms with Crippen molar-refractivity contribution >= 4 is 17.5 Å². The first-order chi connectivity index (χ1) is 17.1. The molecule has 7 heteroatoms. The largest absolute Gasteiger partial charge is 0.349 e. The van der Waals surface area contributed by atoms with Gasteiger partial charge in [0, 0.05) is 41.5 Å². The Labute approximate surface area is 211 Å². The first kappa shape index (κ1) is 22.7. The van der Waals surface area contributed by atoms with E-state index in [-0.39, 0.29) is 5.91 Å². The maximum Gasteiger partial charge on any atom is 0.272 e. The van der Waals surface area contributed by atoms with E-state index in [1.165, 1.54) is 32.1 Å². The van der Waals surface area contributed by atoms with Crippen LogP contribution in [0.25, 0.3) is 16.9 Å². The van der Waals surface area contributed by atoms with E-state index >= 15 is 0 Å². The zero-order chi connectivity index (χ0) is 23.9. The summed E-state index contributed by atoms with van der Waals surface area (Å²) in [7, 11) is 0. The number of carbonyl (C=O) groups excluding carboxylic acids is 1. The lowest BCUT2D eigenvalue weighted by Crippen LogP contribution is -2.55. The summed E-state index contributed by atoms with van der Waals surface area (Å²) in [5, 5.41) is 12.3. The van der Waals surface area contributed by atoms with Crippen LogP contribution in [0.4, 0.5) is 0 Å². The molecular weight excluding hydrogens is 458 g/mol. The molecule has 0 atom stereocenters. The van der Waals surface area contributed by atoms with Crippen LogP contribution < -0.4 is 10.6 Å². The predicted molar refractivity (Wildman–Crippen MR) is 138 cm³/mol. The van der Waals surface area contributed by atoms with E-state index in [2.05, 4.69) is 15.6 Å². The van der Waals surface area contributed by atoms with Crippen molar-refractivity contribution in [2.24, 2.45) is 23.7 Å². The number of pyridine rings is 1. The number of hydrogen-bond acceptors (Lipinski definition) is 4. The SMILES string of the molecule is Cc1c(C(=O)NCCNC2C3CC4CC(C3)CC2C4)nn(-c2cccnc2)c1-c1ccc(Cl)cc1. The Hall–Kier alpha value is -2.70. The van der Waals surface area contributed by atoms with Gasteiger partial charge in [0.25, 0.3) is 5.91 Å². The Morgan fingerprint density at radius 1 is 1.03 bits per heavy atom. The van der Waals surface area contributed by atoms with Gasteiger partial charge in [-0.3, -0.25) is 9.78 Å². The van der Waals surface area contributed by atoms with E-state index in [0.29, 0.717) is 23.3 Å². The van der Waals surface area contributed by atoms with Crippen LogP contribution in [0.2, 0.25) is 5.02 Å². The zero-order valence-corrected chi connectivity index (χ0v) is 20.8. The number of aromatic nitrogens is 3. The summed E-state index contributed by atoms with van der Waals surface area (Å²) < 4.78 is 1.80. The van der Waals surface area contributed by atoms with Crippen molar-refractivity contribution in [3.8, 4) is 16.9 Å². The van der Waals surface area contributed by atoms with Gasteiger partial charge in [-0.25, -0.2) is 4.68 Å². The molecular formula is C28H32ClN5O. The van der Waals surface area contributed by atoms with Crippen LogP contribution in [-0.4, -0.2) is 39.8 Å². The molecule has 4 bridgehead atoms. The summed E-state index contributed by atoms with van der Waals surface area (Å²) in [5.41, 5.74) is 3.90. The first-order valence-electron chi connectivity index (χ1n) is 12.8. The fraction of sp³-hybridized carbons (Fsp3) is 0.464. The molecule has 1 amide bonds. The van der Waals surface area contributed by atoms with Crippen LogP contribution in [-0.2, 0) is 0 Å². The summed E-state index contributed by atoms with van der Waals surface area (Å²) in [6, 6.07) is 12.1. The highest BCUT2D eigenvalue weighted by molar-refractivity contribution is 6.30. The Morgan fingerprint density at radius 2 is 1.74 bits per heavy atom. The maximum absolute atomic E-state index is 13.2. The van der Waals surface area contributed by atoms with Gasteiger partial charge in [-0.05, 0) is 87.0 Å². The van der Waals surface area contributed by atoms with E-state index in [1.54, 1.807) is 17.1 Å². The lowest BCUT2D eigenvalue weighted by Gasteiger charge is -2.54. The van der Waals surface area contributed by atoms with Gasteiger partial charge in [0.2, 0.25) is 0 Å². The quantitative estimate of drug-likeness (QED) is 0.456. The molecule has 0 saturated heterocycles. The standard InChI is InChI=1S/C28H32ClN5O/c1-17-25(28(35)32-10-9-31-26-21-12-18-11-19(14-21)15-22(26)13-18)33-34(24-3-2-8-30-16-24)27(17)20-4-6-23(29)7-5-20/h2-8,16,18-19,21-22,26,31H,9-15H2,1H3,(H,32,35). The van der Waals surface area contributed by atoms with Crippen molar-refractivity contribution in [2.75, 3.05) is 13.1 Å². The topological polar surface area (TPSA) is 71.8 Å². The van der Waals surface area contributed by atoms with Crippen molar-refractivity contribution in [1.82, 2.24) is 25.4 Å². The third-order valence-electron chi connectivity index (χ3n) is 8.36. The van der Waals surface area contributed by atoms with Gasteiger partial charge in [0.05, 0.1) is 17.6 Å². The van der Waals surface area contributed by atoms with E-state index in [4.69, 9.17) is 16.7 Å². The minimum Gasteiger partial charge on any atom is -0.349 e. The van der Waals surface area contributed by atoms with Crippen molar-refractivity contribution < 1.29 is 4.79 Å². The second-order valence-electron chi connectivity index (χ2n) is 10.6. The second-order valence-corrected chi connectivity index (χ2v) is 11.1. The number of carbonyl (C=O) groups is 1. The summed E-state index contributed by atoms with van der Waals surface area (Å²) >= 11 is 6.12. The van der Waals surface area contributed by atoms with Crippen molar-refractivity contribution in [2.45, 2.75) is 45.1 Å². The van der Waals surface area contributed by atoms with E-state index < -0.39 is 0 Å². The molecule has 2 N–H and O–H groups in total. The van der Waals surface area contributed by atoms with Crippen LogP contribution in [0.15, 0.2) is 48.8 Å². The number of benzene rings is 1. The molecule has 1 aromatic carbocycles. The Morgan fingerprint density at radius 3 is 2.40 bits per heavy atom. The third-order valence-corrected chi connectivity index (χ3v) is 8.61. The molecule has 6 nitrogen and oxygen atoms in total. The molecule has 7 rings (SSSR count). The fourth-order valence-electron chi connectivity index (χ4n) is 7.08. The van der Waals surface area contributed by atoms with Crippen molar-refractivity contribution in [3.05, 3.63) is 65.1 Å². The Bertz CT molecular complexity index is 1180. The Balaban J connectivity index is 1.16. The van der Waals surface area contributed by atoms with Crippen LogP contribution in [0.1, 0.15) is 48.2 Å². The molecule has 4 aliphatic carbocycles. The van der Waals surface area contributed by atoms with Gasteiger partial charge in [-0.2, -0.15) is 5.10 Å². The number of nitrogens with zero attached hydrogens (tertiary/aromatic N) is 3. The molecule has 4 aliphatic rings. The predicted octanol–water partition coefficient (Wildman–Crippen LogP) is 5.04. The smallest absolute Gasteiger partial charge is 0.272 e. The molecule has 2 aromatic heterocycles. The molecule has 2 heterocycles. The normalized spacial score (nSPS) is 26.7. The molecule has 35 heavy (non-hydrogen) atoms. The zero-order valence-electron chi connectivity index (χ0n) is 20.1. The van der Waals surface area contributed by atoms with Gasteiger partial charge < -0.3 is 10.6 Å². The molecule has 3 aromatic rings. The Kier molecular flexibility index (Phi) is 6.11. The molecule has 4 saturated carbocycles. The van der Waals surface area contributed by atoms with Crippen LogP contribution >= 0.6 is 11.6 Å². The van der Waals surface area contributed by atoms with Gasteiger partial charge in [0.1, 0.15) is 0 Å². The summed E-state index contributed by atoms with van der Waals surface area (Å²) in [6.45, 7) is 3.34. The van der Waals surface area contributed by atoms with E-state index in [9.17, 15) is 4.79 Å². The molecule has 0 radical (unpaired) electrons. The molecule has 0 spiro atoms. The number of nitrogens with one attached hydrogen (secondary N) is 2. The second kappa shape index (κ2) is 9.40. The molecule has 182 valence electrons. The molecule has 4 fully saturated rings. The van der Waals surface area contributed by atoms with E-state index in [1.807, 2.05) is 43.3 Å². The lowest BCUT2D eigenvalue weighted by atomic mass is 9.54. The lowest BCUT2D eigenvalue weighted by molar-refractivity contribution is -0.0133. The van der Waals surface area contributed by atoms with Gasteiger partial charge >= 0.3 is 0 Å². The van der Waals surface area contributed by atoms with Crippen molar-refractivity contribution in [3.63, 3.8) is 0 Å². The van der Waals surface area contributed by atoms with Crippen LogP contribution in [0, 0.1) is 30.6 Å². The fourth-order valence-corrected chi connectivity index (χ4v) is 7.21. The maximum atomic E-state index is 13.2. The van der Waals surface area contributed by atoms with E-state index in [0.717, 1.165) is 52.7 Å². The summed E-state index contributed by atoms with van der Waals surface area (Å²) in [5.74, 6) is 3.47. The molecule has 0 aliphatic heterocycles. The minimum atomic E-state index is -0.146. The van der Waals surface area contributed by atoms with Crippen LogP contribution in [0.5, 0.6) is 0 Å². The van der Waals surface area contributed by atoms with Gasteiger partial charge in [0.15, 0.2) is 5.69 Å². The van der Waals surface area contributed by atoms with Crippen LogP contribution in [0.3, 0.4) is 0 Å². The van der Waals surface area contributed by atoms with Gasteiger partial charge in [-0.15, -0.1) is 0 Å². The molecule has 0 unspecified atom stereocenters. The number of rotatable bonds is 7. The monoisotopic (exact) mass is 489 g/mol. The number of halogens is 1. The third kappa shape index (κ3) is 4.38. The first-order valence-corrected chi connectivity index (χ1v) is 13.2. The highest BCUT2D eigenvalue weighted by Gasteiger charge is 2.47. The van der Waals surface area contributed by atoms with Gasteiger partial charge in [-0.1, -0.05) is 23.7 Å².